The minimum Gasteiger partial charge on any atom is -0.330 e. The fourth-order valence-corrected chi connectivity index (χ4v) is 3.38. The van der Waals surface area contributed by atoms with Gasteiger partial charge in [0.05, 0.1) is 5.69 Å². The van der Waals surface area contributed by atoms with Gasteiger partial charge >= 0.3 is 0 Å². The molecule has 0 amide bonds. The summed E-state index contributed by atoms with van der Waals surface area (Å²) in [5.74, 6) is -0.221. The van der Waals surface area contributed by atoms with Crippen molar-refractivity contribution >= 4 is 11.3 Å². The lowest BCUT2D eigenvalue weighted by molar-refractivity contribution is 0.247. The summed E-state index contributed by atoms with van der Waals surface area (Å²) >= 11 is 1.57. The fourth-order valence-electron chi connectivity index (χ4n) is 2.44. The van der Waals surface area contributed by atoms with Crippen LogP contribution < -0.4 is 5.73 Å². The fraction of sp³-hybridized carbons (Fsp3) is 0.357. The Morgan fingerprint density at radius 1 is 1.39 bits per heavy atom. The number of hydrogen-bond donors (Lipinski definition) is 1. The van der Waals surface area contributed by atoms with Crippen LogP contribution in [0.2, 0.25) is 0 Å². The third-order valence-corrected chi connectivity index (χ3v) is 4.71. The smallest absolute Gasteiger partial charge is 0.123 e. The Kier molecular flexibility index (Phi) is 2.92. The maximum Gasteiger partial charge on any atom is 0.123 e. The Hall–Kier alpha value is -1.26. The third kappa shape index (κ3) is 1.85. The molecule has 0 bridgehead atoms. The van der Waals surface area contributed by atoms with Crippen LogP contribution in [0.25, 0.3) is 10.6 Å². The van der Waals surface area contributed by atoms with E-state index in [-0.39, 0.29) is 11.2 Å². The van der Waals surface area contributed by atoms with Crippen molar-refractivity contribution in [3.63, 3.8) is 0 Å². The van der Waals surface area contributed by atoms with Crippen LogP contribution in [0.4, 0.5) is 4.39 Å². The van der Waals surface area contributed by atoms with Gasteiger partial charge in [0.25, 0.3) is 0 Å². The van der Waals surface area contributed by atoms with E-state index in [1.807, 2.05) is 6.07 Å². The minimum absolute atomic E-state index is 0.0854. The Morgan fingerprint density at radius 2 is 2.22 bits per heavy atom. The average molecular weight is 262 g/mol. The summed E-state index contributed by atoms with van der Waals surface area (Å²) < 4.78 is 13.2. The molecule has 0 unspecified atom stereocenters. The molecule has 1 aliphatic carbocycles. The summed E-state index contributed by atoms with van der Waals surface area (Å²) in [5, 5.41) is 2.95. The van der Waals surface area contributed by atoms with Crippen LogP contribution in [-0.2, 0) is 5.41 Å². The van der Waals surface area contributed by atoms with Crippen molar-refractivity contribution in [1.29, 1.82) is 0 Å². The van der Waals surface area contributed by atoms with Crippen molar-refractivity contribution in [3.05, 3.63) is 41.2 Å². The van der Waals surface area contributed by atoms with E-state index >= 15 is 0 Å². The van der Waals surface area contributed by atoms with Gasteiger partial charge < -0.3 is 5.73 Å². The lowest BCUT2D eigenvalue weighted by Crippen LogP contribution is -2.41. The lowest BCUT2D eigenvalue weighted by Gasteiger charge is -2.39. The summed E-state index contributed by atoms with van der Waals surface area (Å²) in [4.78, 5) is 4.66. The third-order valence-electron chi connectivity index (χ3n) is 3.82. The van der Waals surface area contributed by atoms with Gasteiger partial charge in [-0.2, -0.15) is 0 Å². The second kappa shape index (κ2) is 4.44. The number of benzene rings is 1. The van der Waals surface area contributed by atoms with Crippen LogP contribution in [0.5, 0.6) is 0 Å². The van der Waals surface area contributed by atoms with Crippen molar-refractivity contribution in [2.24, 2.45) is 5.73 Å². The molecule has 1 heterocycles. The highest BCUT2D eigenvalue weighted by Gasteiger charge is 2.39. The van der Waals surface area contributed by atoms with E-state index in [4.69, 9.17) is 5.73 Å². The van der Waals surface area contributed by atoms with Gasteiger partial charge in [-0.3, -0.25) is 0 Å². The topological polar surface area (TPSA) is 38.9 Å². The Balaban J connectivity index is 1.94. The summed E-state index contributed by atoms with van der Waals surface area (Å²) in [6, 6.07) is 6.58. The summed E-state index contributed by atoms with van der Waals surface area (Å²) in [7, 11) is 0. The Morgan fingerprint density at radius 3 is 2.83 bits per heavy atom. The second-order valence-corrected chi connectivity index (χ2v) is 5.74. The van der Waals surface area contributed by atoms with Crippen LogP contribution in [-0.4, -0.2) is 11.5 Å². The van der Waals surface area contributed by atoms with Gasteiger partial charge in [-0.15, -0.1) is 11.3 Å². The molecule has 2 aromatic rings. The molecular formula is C14H15FN2S. The lowest BCUT2D eigenvalue weighted by atomic mass is 9.67. The monoisotopic (exact) mass is 262 g/mol. The SMILES string of the molecule is NCC1(c2csc(-c3cccc(F)c3)n2)CCC1. The zero-order valence-electron chi connectivity index (χ0n) is 10.0. The molecule has 0 saturated heterocycles. The van der Waals surface area contributed by atoms with Crippen molar-refractivity contribution in [2.75, 3.05) is 6.54 Å². The van der Waals surface area contributed by atoms with E-state index in [2.05, 4.69) is 10.4 Å². The number of nitrogens with zero attached hydrogens (tertiary/aromatic N) is 1. The maximum atomic E-state index is 13.2. The van der Waals surface area contributed by atoms with E-state index < -0.39 is 0 Å². The predicted octanol–water partition coefficient (Wildman–Crippen LogP) is 3.33. The van der Waals surface area contributed by atoms with Gasteiger partial charge in [0.2, 0.25) is 0 Å². The molecule has 0 aliphatic heterocycles. The van der Waals surface area contributed by atoms with Crippen molar-refractivity contribution < 1.29 is 4.39 Å². The quantitative estimate of drug-likeness (QED) is 0.921. The van der Waals surface area contributed by atoms with Crippen molar-refractivity contribution in [1.82, 2.24) is 4.98 Å². The molecular weight excluding hydrogens is 247 g/mol. The second-order valence-electron chi connectivity index (χ2n) is 4.89. The Labute approximate surface area is 110 Å². The molecule has 1 fully saturated rings. The molecule has 0 atom stereocenters. The maximum absolute atomic E-state index is 13.2. The van der Waals surface area contributed by atoms with E-state index in [9.17, 15) is 4.39 Å². The minimum atomic E-state index is -0.221. The van der Waals surface area contributed by atoms with Crippen molar-refractivity contribution in [2.45, 2.75) is 24.7 Å². The first-order valence-corrected chi connectivity index (χ1v) is 7.03. The van der Waals surface area contributed by atoms with Gasteiger partial charge in [0, 0.05) is 22.9 Å². The molecule has 0 spiro atoms. The van der Waals surface area contributed by atoms with E-state index in [0.717, 1.165) is 29.1 Å². The first kappa shape index (κ1) is 11.8. The highest BCUT2D eigenvalue weighted by Crippen LogP contribution is 2.43. The molecule has 0 radical (unpaired) electrons. The first-order valence-electron chi connectivity index (χ1n) is 6.15. The number of hydrogen-bond acceptors (Lipinski definition) is 3. The highest BCUT2D eigenvalue weighted by molar-refractivity contribution is 7.13. The first-order chi connectivity index (χ1) is 8.73. The van der Waals surface area contributed by atoms with Crippen LogP contribution in [0.1, 0.15) is 25.0 Å². The van der Waals surface area contributed by atoms with Gasteiger partial charge in [-0.25, -0.2) is 9.37 Å². The van der Waals surface area contributed by atoms with Gasteiger partial charge in [0.1, 0.15) is 10.8 Å². The van der Waals surface area contributed by atoms with Gasteiger partial charge in [0.15, 0.2) is 0 Å². The van der Waals surface area contributed by atoms with E-state index in [1.54, 1.807) is 17.4 Å². The number of halogens is 1. The number of nitrogens with two attached hydrogens (primary N) is 1. The highest BCUT2D eigenvalue weighted by atomic mass is 32.1. The molecule has 1 aromatic heterocycles. The predicted molar refractivity (Wildman–Crippen MR) is 72.1 cm³/mol. The average Bonchev–Trinajstić information content (AvgIpc) is 2.78. The largest absolute Gasteiger partial charge is 0.330 e. The van der Waals surface area contributed by atoms with E-state index in [0.29, 0.717) is 6.54 Å². The number of aromatic nitrogens is 1. The Bertz CT molecular complexity index is 555. The van der Waals surface area contributed by atoms with Crippen LogP contribution in [0, 0.1) is 5.82 Å². The van der Waals surface area contributed by atoms with Gasteiger partial charge in [-0.1, -0.05) is 18.6 Å². The van der Waals surface area contributed by atoms with Gasteiger partial charge in [-0.05, 0) is 25.0 Å². The van der Waals surface area contributed by atoms with Crippen LogP contribution >= 0.6 is 11.3 Å². The molecule has 2 N–H and O–H groups in total. The molecule has 1 aromatic carbocycles. The normalized spacial score (nSPS) is 17.4. The van der Waals surface area contributed by atoms with Crippen molar-refractivity contribution in [3.8, 4) is 10.6 Å². The standard InChI is InChI=1S/C14H15FN2S/c15-11-4-1-3-10(7-11)13-17-12(8-18-13)14(9-16)5-2-6-14/h1,3-4,7-8H,2,5-6,9,16H2. The summed E-state index contributed by atoms with van der Waals surface area (Å²) in [6.45, 7) is 0.652. The molecule has 94 valence electrons. The molecule has 4 heteroatoms. The molecule has 2 nitrogen and oxygen atoms in total. The molecule has 18 heavy (non-hydrogen) atoms. The summed E-state index contributed by atoms with van der Waals surface area (Å²) in [6.07, 6.45) is 3.47. The van der Waals surface area contributed by atoms with E-state index in [1.165, 1.54) is 18.6 Å². The molecule has 1 aliphatic rings. The zero-order valence-corrected chi connectivity index (χ0v) is 10.8. The zero-order chi connectivity index (χ0) is 12.6. The summed E-state index contributed by atoms with van der Waals surface area (Å²) in [5.41, 5.74) is 7.89. The number of thiazole rings is 1. The molecule has 1 saturated carbocycles. The van der Waals surface area contributed by atoms with Crippen LogP contribution in [0.3, 0.4) is 0 Å². The molecule has 3 rings (SSSR count). The number of rotatable bonds is 3. The van der Waals surface area contributed by atoms with Crippen LogP contribution in [0.15, 0.2) is 29.6 Å².